The van der Waals surface area contributed by atoms with Crippen molar-refractivity contribution in [1.29, 1.82) is 0 Å². The Morgan fingerprint density at radius 1 is 1.10 bits per heavy atom. The molecule has 0 spiro atoms. The van der Waals surface area contributed by atoms with Gasteiger partial charge in [0.25, 0.3) is 0 Å². The lowest BCUT2D eigenvalue weighted by Gasteiger charge is -2.38. The van der Waals surface area contributed by atoms with Crippen LogP contribution in [0.4, 0.5) is 4.39 Å². The molecule has 1 saturated heterocycles. The number of likely N-dealkylation sites (tertiary alicyclic amines) is 1. The Labute approximate surface area is 187 Å². The molecule has 0 bridgehead atoms. The molecule has 2 fully saturated rings. The third-order valence-electron chi connectivity index (χ3n) is 8.02. The Hall–Kier alpha value is -0.580. The Kier molecular flexibility index (Phi) is 7.81. The van der Waals surface area contributed by atoms with Gasteiger partial charge in [-0.15, -0.1) is 11.6 Å². The molecule has 0 amide bonds. The molecule has 5 unspecified atom stereocenters. The lowest BCUT2D eigenvalue weighted by atomic mass is 9.79. The Bertz CT molecular complexity index is 614. The van der Waals surface area contributed by atoms with Gasteiger partial charge in [0.05, 0.1) is 5.38 Å². The van der Waals surface area contributed by atoms with Crippen molar-refractivity contribution in [3.63, 3.8) is 0 Å². The fourth-order valence-electron chi connectivity index (χ4n) is 5.96. The summed E-state index contributed by atoms with van der Waals surface area (Å²) < 4.78 is 13.7. The highest BCUT2D eigenvalue weighted by atomic mass is 35.5. The SMILES string of the molecule is CC(C)[C@H](CN1CCC(C2C=CC(Cl)CC2)CC1)NCC1=CC2CC(F)CCC2N1. The minimum atomic E-state index is -0.608. The third-order valence-corrected chi connectivity index (χ3v) is 8.38. The minimum Gasteiger partial charge on any atom is -0.384 e. The number of alkyl halides is 2. The number of fused-ring (bicyclic) bond motifs is 1. The van der Waals surface area contributed by atoms with Gasteiger partial charge in [-0.1, -0.05) is 32.1 Å². The molecule has 3 nitrogen and oxygen atoms in total. The smallest absolute Gasteiger partial charge is 0.101 e. The fourth-order valence-corrected chi connectivity index (χ4v) is 6.17. The van der Waals surface area contributed by atoms with Gasteiger partial charge in [-0.3, -0.25) is 0 Å². The van der Waals surface area contributed by atoms with Gasteiger partial charge in [0.15, 0.2) is 0 Å². The predicted molar refractivity (Wildman–Crippen MR) is 125 cm³/mol. The number of nitrogens with zero attached hydrogens (tertiary/aromatic N) is 1. The number of hydrogen-bond donors (Lipinski definition) is 2. The highest BCUT2D eigenvalue weighted by Gasteiger charge is 2.34. The van der Waals surface area contributed by atoms with Crippen LogP contribution in [0.5, 0.6) is 0 Å². The van der Waals surface area contributed by atoms with Gasteiger partial charge in [-0.05, 0) is 75.8 Å². The van der Waals surface area contributed by atoms with E-state index in [1.54, 1.807) is 0 Å². The Balaban J connectivity index is 1.22. The summed E-state index contributed by atoms with van der Waals surface area (Å²) in [6.07, 6.45) is 13.7. The lowest BCUT2D eigenvalue weighted by Crippen LogP contribution is -2.48. The first-order chi connectivity index (χ1) is 14.5. The van der Waals surface area contributed by atoms with E-state index in [1.165, 1.54) is 38.0 Å². The summed E-state index contributed by atoms with van der Waals surface area (Å²) in [6, 6.07) is 0.959. The predicted octanol–water partition coefficient (Wildman–Crippen LogP) is 4.88. The average molecular weight is 438 g/mol. The lowest BCUT2D eigenvalue weighted by molar-refractivity contribution is 0.135. The van der Waals surface area contributed by atoms with E-state index in [1.807, 2.05) is 0 Å². The largest absolute Gasteiger partial charge is 0.384 e. The summed E-state index contributed by atoms with van der Waals surface area (Å²) >= 11 is 6.22. The molecule has 5 heteroatoms. The molecule has 4 aliphatic rings. The molecule has 2 N–H and O–H groups in total. The van der Waals surface area contributed by atoms with Crippen LogP contribution in [0, 0.1) is 23.7 Å². The van der Waals surface area contributed by atoms with Crippen LogP contribution in [0.3, 0.4) is 0 Å². The minimum absolute atomic E-state index is 0.256. The molecule has 0 aromatic heterocycles. The van der Waals surface area contributed by atoms with Gasteiger partial charge < -0.3 is 15.5 Å². The molecule has 0 aromatic carbocycles. The van der Waals surface area contributed by atoms with Crippen LogP contribution >= 0.6 is 11.6 Å². The van der Waals surface area contributed by atoms with Gasteiger partial charge in [-0.25, -0.2) is 4.39 Å². The molecule has 170 valence electrons. The van der Waals surface area contributed by atoms with Crippen LogP contribution in [0.15, 0.2) is 23.9 Å². The standard InChI is InChI=1S/C25H41ClFN3/c1-17(2)25(28-15-23-14-20-13-22(27)7-8-24(20)29-23)16-30-11-9-19(10-12-30)18-3-5-21(26)6-4-18/h3,5,14,17-22,24-25,28-29H,4,6-13,15-16H2,1-2H3/t18?,20?,21?,22?,24?,25-/m0/s1. The van der Waals surface area contributed by atoms with Gasteiger partial charge >= 0.3 is 0 Å². The summed E-state index contributed by atoms with van der Waals surface area (Å²) in [5.74, 6) is 2.57. The van der Waals surface area contributed by atoms with Crippen LogP contribution < -0.4 is 10.6 Å². The van der Waals surface area contributed by atoms with Crippen molar-refractivity contribution in [3.05, 3.63) is 23.9 Å². The molecule has 2 aliphatic heterocycles. The zero-order valence-corrected chi connectivity index (χ0v) is 19.6. The Morgan fingerprint density at radius 3 is 2.60 bits per heavy atom. The first kappa shape index (κ1) is 22.6. The van der Waals surface area contributed by atoms with Crippen LogP contribution in [0.25, 0.3) is 0 Å². The van der Waals surface area contributed by atoms with Crippen molar-refractivity contribution < 1.29 is 4.39 Å². The van der Waals surface area contributed by atoms with Crippen molar-refractivity contribution in [2.45, 2.75) is 82.4 Å². The third kappa shape index (κ3) is 5.81. The summed E-state index contributed by atoms with van der Waals surface area (Å²) in [7, 11) is 0. The summed E-state index contributed by atoms with van der Waals surface area (Å²) in [5, 5.41) is 7.73. The second kappa shape index (κ2) is 10.4. The van der Waals surface area contributed by atoms with Gasteiger partial charge in [-0.2, -0.15) is 0 Å². The maximum absolute atomic E-state index is 13.7. The normalized spacial score (nSPS) is 36.4. The van der Waals surface area contributed by atoms with Gasteiger partial charge in [0, 0.05) is 36.8 Å². The van der Waals surface area contributed by atoms with E-state index in [0.717, 1.165) is 44.2 Å². The van der Waals surface area contributed by atoms with Crippen LogP contribution in [0.1, 0.15) is 58.8 Å². The molecular formula is C25H41ClFN3. The van der Waals surface area contributed by atoms with E-state index in [9.17, 15) is 4.39 Å². The van der Waals surface area contributed by atoms with E-state index >= 15 is 0 Å². The van der Waals surface area contributed by atoms with Crippen LogP contribution in [-0.2, 0) is 0 Å². The fraction of sp³-hybridized carbons (Fsp3) is 0.840. The number of halogens is 2. The number of allylic oxidation sites excluding steroid dienone is 2. The zero-order chi connectivity index (χ0) is 21.1. The van der Waals surface area contributed by atoms with E-state index < -0.39 is 6.17 Å². The maximum Gasteiger partial charge on any atom is 0.101 e. The monoisotopic (exact) mass is 437 g/mol. The highest BCUT2D eigenvalue weighted by Crippen LogP contribution is 2.34. The number of hydrogen-bond acceptors (Lipinski definition) is 3. The van der Waals surface area contributed by atoms with Crippen LogP contribution in [0.2, 0.25) is 0 Å². The molecule has 0 aromatic rings. The van der Waals surface area contributed by atoms with E-state index in [0.29, 0.717) is 30.3 Å². The van der Waals surface area contributed by atoms with Crippen molar-refractivity contribution in [1.82, 2.24) is 15.5 Å². The molecule has 0 radical (unpaired) electrons. The van der Waals surface area contributed by atoms with Crippen molar-refractivity contribution in [2.24, 2.45) is 23.7 Å². The van der Waals surface area contributed by atoms with Gasteiger partial charge in [0.2, 0.25) is 0 Å². The number of rotatable bonds is 7. The van der Waals surface area contributed by atoms with E-state index in [2.05, 4.69) is 47.6 Å². The summed E-state index contributed by atoms with van der Waals surface area (Å²) in [4.78, 5) is 2.66. The molecule has 30 heavy (non-hydrogen) atoms. The maximum atomic E-state index is 13.7. The topological polar surface area (TPSA) is 27.3 Å². The van der Waals surface area contributed by atoms with Crippen LogP contribution in [-0.4, -0.2) is 54.7 Å². The van der Waals surface area contributed by atoms with Gasteiger partial charge in [0.1, 0.15) is 6.17 Å². The van der Waals surface area contributed by atoms with E-state index in [4.69, 9.17) is 11.6 Å². The van der Waals surface area contributed by atoms with Crippen molar-refractivity contribution in [3.8, 4) is 0 Å². The quantitative estimate of drug-likeness (QED) is 0.439. The number of piperidine rings is 1. The average Bonchev–Trinajstić information content (AvgIpc) is 3.14. The zero-order valence-electron chi connectivity index (χ0n) is 18.8. The molecule has 2 aliphatic carbocycles. The second-order valence-electron chi connectivity index (χ2n) is 10.5. The summed E-state index contributed by atoms with van der Waals surface area (Å²) in [6.45, 7) is 9.09. The first-order valence-corrected chi connectivity index (χ1v) is 12.8. The first-order valence-electron chi connectivity index (χ1n) is 12.4. The van der Waals surface area contributed by atoms with Crippen molar-refractivity contribution >= 4 is 11.6 Å². The Morgan fingerprint density at radius 2 is 1.90 bits per heavy atom. The number of nitrogens with one attached hydrogen (secondary N) is 2. The molecular weight excluding hydrogens is 397 g/mol. The van der Waals surface area contributed by atoms with E-state index in [-0.39, 0.29) is 5.38 Å². The molecule has 2 heterocycles. The highest BCUT2D eigenvalue weighted by molar-refractivity contribution is 6.21. The molecule has 1 saturated carbocycles. The second-order valence-corrected chi connectivity index (χ2v) is 11.1. The molecule has 6 atom stereocenters. The molecule has 4 rings (SSSR count). The van der Waals surface area contributed by atoms with Crippen molar-refractivity contribution in [2.75, 3.05) is 26.2 Å². The summed E-state index contributed by atoms with van der Waals surface area (Å²) in [5.41, 5.74) is 1.28.